The molecule has 2 heterocycles. The number of esters is 1. The van der Waals surface area contributed by atoms with Gasteiger partial charge in [-0.2, -0.15) is 9.78 Å². The van der Waals surface area contributed by atoms with Crippen LogP contribution in [0.4, 0.5) is 5.82 Å². The van der Waals surface area contributed by atoms with Crippen LogP contribution >= 0.6 is 0 Å². The van der Waals surface area contributed by atoms with Crippen LogP contribution in [-0.4, -0.2) is 41.2 Å². The van der Waals surface area contributed by atoms with Crippen molar-refractivity contribution in [2.45, 2.75) is 13.8 Å². The summed E-state index contributed by atoms with van der Waals surface area (Å²) < 4.78 is 5.81. The van der Waals surface area contributed by atoms with Gasteiger partial charge < -0.3 is 4.74 Å². The van der Waals surface area contributed by atoms with E-state index in [1.54, 1.807) is 19.9 Å². The number of hydrogen-bond acceptors (Lipinski definition) is 5. The first-order valence-corrected chi connectivity index (χ1v) is 5.52. The van der Waals surface area contributed by atoms with Crippen LogP contribution in [0.2, 0.25) is 0 Å². The first-order chi connectivity index (χ1) is 8.47. The lowest BCUT2D eigenvalue weighted by atomic mass is 10.1. The highest BCUT2D eigenvalue weighted by Gasteiger charge is 2.44. The number of hydrogen-bond donors (Lipinski definition) is 0. The van der Waals surface area contributed by atoms with Crippen molar-refractivity contribution in [2.75, 3.05) is 18.6 Å². The molecule has 2 rings (SSSR count). The van der Waals surface area contributed by atoms with Gasteiger partial charge in [-0.05, 0) is 13.8 Å². The number of aromatic nitrogens is 2. The molecular formula is C11H13N3O4. The van der Waals surface area contributed by atoms with Crippen molar-refractivity contribution < 1.29 is 19.1 Å². The molecule has 0 spiro atoms. The highest BCUT2D eigenvalue weighted by Crippen LogP contribution is 2.24. The molecule has 1 aromatic rings. The summed E-state index contributed by atoms with van der Waals surface area (Å²) >= 11 is 0. The minimum atomic E-state index is -1.46. The molecule has 1 aliphatic rings. The molecule has 1 aliphatic heterocycles. The normalized spacial score (nSPS) is 18.8. The minimum absolute atomic E-state index is 0.116. The highest BCUT2D eigenvalue weighted by atomic mass is 16.5. The van der Waals surface area contributed by atoms with E-state index in [0.29, 0.717) is 11.5 Å². The Hall–Kier alpha value is -2.18. The number of carbonyl (C=O) groups is 3. The Morgan fingerprint density at radius 2 is 2.11 bits per heavy atom. The molecule has 0 fully saturated rings. The summed E-state index contributed by atoms with van der Waals surface area (Å²) in [7, 11) is 1.49. The molecule has 7 heteroatoms. The van der Waals surface area contributed by atoms with E-state index in [9.17, 15) is 14.4 Å². The molecule has 1 aromatic heterocycles. The summed E-state index contributed by atoms with van der Waals surface area (Å²) in [5.41, 5.74) is 0.600. The largest absolute Gasteiger partial charge is 0.465 e. The van der Waals surface area contributed by atoms with Crippen LogP contribution in [0.15, 0.2) is 6.07 Å². The highest BCUT2D eigenvalue weighted by molar-refractivity contribution is 6.23. The van der Waals surface area contributed by atoms with E-state index in [-0.39, 0.29) is 6.61 Å². The smallest absolute Gasteiger partial charge is 0.328 e. The molecule has 1 atom stereocenters. The van der Waals surface area contributed by atoms with Gasteiger partial charge in [-0.1, -0.05) is 0 Å². The Morgan fingerprint density at radius 1 is 1.44 bits per heavy atom. The van der Waals surface area contributed by atoms with Gasteiger partial charge in [-0.3, -0.25) is 19.3 Å². The summed E-state index contributed by atoms with van der Waals surface area (Å²) in [5.74, 6) is -3.19. The van der Waals surface area contributed by atoms with Crippen LogP contribution in [0.3, 0.4) is 0 Å². The van der Waals surface area contributed by atoms with Gasteiger partial charge in [0.15, 0.2) is 0 Å². The molecule has 0 bridgehead atoms. The van der Waals surface area contributed by atoms with E-state index >= 15 is 0 Å². The minimum Gasteiger partial charge on any atom is -0.465 e. The molecule has 0 aliphatic carbocycles. The SMILES string of the molecule is CCOC(=O)C1C(=O)N(C)c2cc(C)nn2C1=O. The van der Waals surface area contributed by atoms with Crippen molar-refractivity contribution >= 4 is 23.6 Å². The topological polar surface area (TPSA) is 81.5 Å². The zero-order chi connectivity index (χ0) is 13.4. The van der Waals surface area contributed by atoms with Gasteiger partial charge in [0.25, 0.3) is 11.8 Å². The zero-order valence-corrected chi connectivity index (χ0v) is 10.3. The van der Waals surface area contributed by atoms with Crippen LogP contribution in [0.5, 0.6) is 0 Å². The summed E-state index contributed by atoms with van der Waals surface area (Å²) in [6.07, 6.45) is 0. The predicted octanol–water partition coefficient (Wildman–Crippen LogP) is -0.0126. The lowest BCUT2D eigenvalue weighted by molar-refractivity contribution is -0.149. The predicted molar refractivity (Wildman–Crippen MR) is 61.1 cm³/mol. The number of ether oxygens (including phenoxy) is 1. The third-order valence-electron chi connectivity index (χ3n) is 2.71. The van der Waals surface area contributed by atoms with E-state index in [4.69, 9.17) is 4.74 Å². The van der Waals surface area contributed by atoms with E-state index in [2.05, 4.69) is 5.10 Å². The van der Waals surface area contributed by atoms with E-state index < -0.39 is 23.7 Å². The summed E-state index contributed by atoms with van der Waals surface area (Å²) in [6.45, 7) is 3.43. The molecule has 1 amide bonds. The van der Waals surface area contributed by atoms with Gasteiger partial charge in [0.2, 0.25) is 5.92 Å². The zero-order valence-electron chi connectivity index (χ0n) is 10.3. The van der Waals surface area contributed by atoms with Gasteiger partial charge in [-0.25, -0.2) is 0 Å². The third kappa shape index (κ3) is 1.68. The van der Waals surface area contributed by atoms with Crippen molar-refractivity contribution in [2.24, 2.45) is 5.92 Å². The molecule has 0 saturated heterocycles. The Bertz CT molecular complexity index is 534. The Labute approximate surface area is 103 Å². The Balaban J connectivity index is 2.45. The number of nitrogens with zero attached hydrogens (tertiary/aromatic N) is 3. The second kappa shape index (κ2) is 4.25. The summed E-state index contributed by atoms with van der Waals surface area (Å²) in [4.78, 5) is 36.9. The Morgan fingerprint density at radius 3 is 2.72 bits per heavy atom. The fourth-order valence-electron chi connectivity index (χ4n) is 1.85. The number of anilines is 1. The quantitative estimate of drug-likeness (QED) is 0.545. The number of aryl methyl sites for hydroxylation is 1. The van der Waals surface area contributed by atoms with Gasteiger partial charge in [0.05, 0.1) is 12.3 Å². The first kappa shape index (κ1) is 12.3. The monoisotopic (exact) mass is 251 g/mol. The molecule has 0 N–H and O–H groups in total. The number of amides is 1. The molecule has 0 radical (unpaired) electrons. The number of rotatable bonds is 2. The Kier molecular flexibility index (Phi) is 2.90. The van der Waals surface area contributed by atoms with Crippen LogP contribution in [0, 0.1) is 12.8 Å². The van der Waals surface area contributed by atoms with Crippen molar-refractivity contribution in [1.29, 1.82) is 0 Å². The van der Waals surface area contributed by atoms with Crippen molar-refractivity contribution in [1.82, 2.24) is 9.78 Å². The molecule has 0 saturated carbocycles. The maximum atomic E-state index is 12.1. The van der Waals surface area contributed by atoms with Crippen molar-refractivity contribution in [3.63, 3.8) is 0 Å². The molecule has 18 heavy (non-hydrogen) atoms. The maximum absolute atomic E-state index is 12.1. The summed E-state index contributed by atoms with van der Waals surface area (Å²) in [6, 6.07) is 1.61. The number of carbonyl (C=O) groups excluding carboxylic acids is 3. The summed E-state index contributed by atoms with van der Waals surface area (Å²) in [5, 5.41) is 3.98. The molecule has 7 nitrogen and oxygen atoms in total. The van der Waals surface area contributed by atoms with Gasteiger partial charge in [0, 0.05) is 13.1 Å². The van der Waals surface area contributed by atoms with E-state index in [0.717, 1.165) is 4.68 Å². The van der Waals surface area contributed by atoms with Crippen molar-refractivity contribution in [3.05, 3.63) is 11.8 Å². The van der Waals surface area contributed by atoms with E-state index in [1.807, 2.05) is 0 Å². The van der Waals surface area contributed by atoms with Gasteiger partial charge in [-0.15, -0.1) is 0 Å². The van der Waals surface area contributed by atoms with E-state index in [1.165, 1.54) is 11.9 Å². The van der Waals surface area contributed by atoms with Crippen LogP contribution < -0.4 is 4.90 Å². The van der Waals surface area contributed by atoms with Crippen LogP contribution in [0.25, 0.3) is 0 Å². The third-order valence-corrected chi connectivity index (χ3v) is 2.71. The molecule has 1 unspecified atom stereocenters. The molecule has 0 aromatic carbocycles. The lowest BCUT2D eigenvalue weighted by Gasteiger charge is -2.27. The second-order valence-electron chi connectivity index (χ2n) is 3.98. The average molecular weight is 251 g/mol. The van der Waals surface area contributed by atoms with Crippen LogP contribution in [-0.2, 0) is 14.3 Å². The standard InChI is InChI=1S/C11H13N3O4/c1-4-18-11(17)8-9(15)13(3)7-5-6(2)12-14(7)10(8)16/h5,8H,4H2,1-3H3. The van der Waals surface area contributed by atoms with Gasteiger partial charge in [0.1, 0.15) is 5.82 Å². The van der Waals surface area contributed by atoms with Crippen LogP contribution in [0.1, 0.15) is 17.4 Å². The van der Waals surface area contributed by atoms with Gasteiger partial charge >= 0.3 is 5.97 Å². The fraction of sp³-hybridized carbons (Fsp3) is 0.455. The van der Waals surface area contributed by atoms with Crippen molar-refractivity contribution in [3.8, 4) is 0 Å². The average Bonchev–Trinajstić information content (AvgIpc) is 2.69. The number of fused-ring (bicyclic) bond motifs is 1. The molecule has 96 valence electrons. The molecular weight excluding hydrogens is 238 g/mol. The first-order valence-electron chi connectivity index (χ1n) is 5.52. The second-order valence-corrected chi connectivity index (χ2v) is 3.98. The fourth-order valence-corrected chi connectivity index (χ4v) is 1.85. The lowest BCUT2D eigenvalue weighted by Crippen LogP contribution is -2.49. The maximum Gasteiger partial charge on any atom is 0.328 e.